The van der Waals surface area contributed by atoms with Gasteiger partial charge in [-0.25, -0.2) is 4.79 Å². The van der Waals surface area contributed by atoms with E-state index in [0.29, 0.717) is 32.2 Å². The third-order valence-corrected chi connectivity index (χ3v) is 6.62. The molecule has 0 radical (unpaired) electrons. The number of carboxylic acid groups (broad SMARTS) is 1. The van der Waals surface area contributed by atoms with Crippen molar-refractivity contribution in [1.82, 2.24) is 16.0 Å². The lowest BCUT2D eigenvalue weighted by Crippen LogP contribution is -2.58. The monoisotopic (exact) mass is 562 g/mol. The molecular weight excluding hydrogens is 516 g/mol. The summed E-state index contributed by atoms with van der Waals surface area (Å²) in [6.45, 7) is 4.38. The normalized spacial score (nSPS) is 14.6. The lowest BCUT2D eigenvalue weighted by molar-refractivity contribution is -0.142. The zero-order chi connectivity index (χ0) is 30.1. The minimum Gasteiger partial charge on any atom is -0.480 e. The van der Waals surface area contributed by atoms with E-state index in [9.17, 15) is 24.3 Å². The largest absolute Gasteiger partial charge is 0.480 e. The Morgan fingerprint density at radius 1 is 0.875 bits per heavy atom. The Kier molecular flexibility index (Phi) is 15.9. The van der Waals surface area contributed by atoms with Crippen LogP contribution in [0, 0.1) is 5.92 Å². The first-order valence-electron chi connectivity index (χ1n) is 13.7. The van der Waals surface area contributed by atoms with E-state index < -0.39 is 47.9 Å². The molecule has 0 aliphatic rings. The Bertz CT molecular complexity index is 971. The van der Waals surface area contributed by atoms with E-state index in [-0.39, 0.29) is 37.7 Å². The SMILES string of the molecule is CCC(C)C(N)C(=O)NC(CCCN=C(N)N)C(=O)NC(Cc1ccccc1)C(=O)NC(CCCCN)C(=O)O. The molecule has 0 saturated carbocycles. The number of hydrogen-bond donors (Lipinski definition) is 8. The molecule has 40 heavy (non-hydrogen) atoms. The molecule has 1 aromatic rings. The predicted octanol–water partition coefficient (Wildman–Crippen LogP) is -0.676. The number of nitrogens with zero attached hydrogens (tertiary/aromatic N) is 1. The number of guanidine groups is 1. The van der Waals surface area contributed by atoms with Crippen molar-refractivity contribution in [3.63, 3.8) is 0 Å². The first-order valence-corrected chi connectivity index (χ1v) is 13.7. The van der Waals surface area contributed by atoms with Crippen LogP contribution >= 0.6 is 0 Å². The van der Waals surface area contributed by atoms with Gasteiger partial charge in [-0.15, -0.1) is 0 Å². The fourth-order valence-electron chi connectivity index (χ4n) is 3.91. The van der Waals surface area contributed by atoms with Crippen LogP contribution in [0.25, 0.3) is 0 Å². The minimum atomic E-state index is -1.18. The molecule has 3 amide bonds. The number of rotatable bonds is 19. The van der Waals surface area contributed by atoms with Crippen molar-refractivity contribution < 1.29 is 24.3 Å². The molecule has 0 saturated heterocycles. The second-order valence-electron chi connectivity index (χ2n) is 9.86. The van der Waals surface area contributed by atoms with Crippen LogP contribution in [0.1, 0.15) is 57.9 Å². The fraction of sp³-hybridized carbons (Fsp3) is 0.593. The Hall–Kier alpha value is -3.71. The van der Waals surface area contributed by atoms with Gasteiger partial charge >= 0.3 is 5.97 Å². The lowest BCUT2D eigenvalue weighted by Gasteiger charge is -2.26. The number of amides is 3. The third-order valence-electron chi connectivity index (χ3n) is 6.62. The number of benzene rings is 1. The van der Waals surface area contributed by atoms with Crippen LogP contribution in [0.2, 0.25) is 0 Å². The van der Waals surface area contributed by atoms with Crippen molar-refractivity contribution in [2.45, 2.75) is 83.0 Å². The molecule has 13 nitrogen and oxygen atoms in total. The number of nitrogens with one attached hydrogen (secondary N) is 3. The Balaban J connectivity index is 3.15. The summed E-state index contributed by atoms with van der Waals surface area (Å²) in [5, 5.41) is 17.6. The van der Waals surface area contributed by atoms with Gasteiger partial charge in [-0.05, 0) is 50.1 Å². The van der Waals surface area contributed by atoms with E-state index in [1.165, 1.54) is 0 Å². The van der Waals surface area contributed by atoms with Gasteiger partial charge in [0.2, 0.25) is 17.7 Å². The second kappa shape index (κ2) is 18.6. The van der Waals surface area contributed by atoms with Crippen molar-refractivity contribution in [3.8, 4) is 0 Å². The van der Waals surface area contributed by atoms with Crippen LogP contribution < -0.4 is 38.9 Å². The smallest absolute Gasteiger partial charge is 0.326 e. The molecule has 0 fully saturated rings. The van der Waals surface area contributed by atoms with Gasteiger partial charge < -0.3 is 44.0 Å². The minimum absolute atomic E-state index is 0.0946. The number of carboxylic acids is 1. The van der Waals surface area contributed by atoms with Gasteiger partial charge in [-0.2, -0.15) is 0 Å². The van der Waals surface area contributed by atoms with Crippen LogP contribution in [0.4, 0.5) is 0 Å². The van der Waals surface area contributed by atoms with Crippen LogP contribution in [0.15, 0.2) is 35.3 Å². The molecule has 0 aliphatic heterocycles. The maximum atomic E-state index is 13.4. The van der Waals surface area contributed by atoms with Gasteiger partial charge in [-0.3, -0.25) is 19.4 Å². The van der Waals surface area contributed by atoms with E-state index in [0.717, 1.165) is 5.56 Å². The van der Waals surface area contributed by atoms with E-state index in [1.54, 1.807) is 24.3 Å². The van der Waals surface area contributed by atoms with Gasteiger partial charge in [0.05, 0.1) is 6.04 Å². The second-order valence-corrected chi connectivity index (χ2v) is 9.86. The molecule has 224 valence electrons. The Morgan fingerprint density at radius 3 is 2.02 bits per heavy atom. The summed E-state index contributed by atoms with van der Waals surface area (Å²) in [6.07, 6.45) is 2.65. The third kappa shape index (κ3) is 12.9. The summed E-state index contributed by atoms with van der Waals surface area (Å²) < 4.78 is 0. The lowest BCUT2D eigenvalue weighted by atomic mass is 9.98. The number of hydrogen-bond acceptors (Lipinski definition) is 7. The Labute approximate surface area is 235 Å². The van der Waals surface area contributed by atoms with Crippen LogP contribution in [-0.2, 0) is 25.6 Å². The molecule has 13 heteroatoms. The Morgan fingerprint density at radius 2 is 1.45 bits per heavy atom. The summed E-state index contributed by atoms with van der Waals surface area (Å²) in [6, 6.07) is 4.89. The van der Waals surface area contributed by atoms with E-state index in [2.05, 4.69) is 20.9 Å². The number of carbonyl (C=O) groups is 4. The molecule has 5 unspecified atom stereocenters. The van der Waals surface area contributed by atoms with Crippen LogP contribution in [0.5, 0.6) is 0 Å². The first kappa shape index (κ1) is 34.3. The van der Waals surface area contributed by atoms with Gasteiger partial charge in [-0.1, -0.05) is 50.6 Å². The fourth-order valence-corrected chi connectivity index (χ4v) is 3.91. The molecule has 1 rings (SSSR count). The van der Waals surface area contributed by atoms with Gasteiger partial charge in [0, 0.05) is 13.0 Å². The first-order chi connectivity index (χ1) is 19.0. The maximum Gasteiger partial charge on any atom is 0.326 e. The highest BCUT2D eigenvalue weighted by molar-refractivity contribution is 5.94. The number of carbonyl (C=O) groups excluding carboxylic acids is 3. The highest BCUT2D eigenvalue weighted by atomic mass is 16.4. The summed E-state index contributed by atoms with van der Waals surface area (Å²) >= 11 is 0. The molecule has 0 bridgehead atoms. The molecular formula is C27H46N8O5. The predicted molar refractivity (Wildman–Crippen MR) is 154 cm³/mol. The van der Waals surface area contributed by atoms with Crippen molar-refractivity contribution in [2.24, 2.45) is 33.8 Å². The molecule has 0 aliphatic carbocycles. The average molecular weight is 563 g/mol. The van der Waals surface area contributed by atoms with E-state index >= 15 is 0 Å². The molecule has 5 atom stereocenters. The summed E-state index contributed by atoms with van der Waals surface area (Å²) in [5.41, 5.74) is 23.1. The number of nitrogens with two attached hydrogens (primary N) is 4. The molecule has 12 N–H and O–H groups in total. The van der Waals surface area contributed by atoms with Gasteiger partial charge in [0.25, 0.3) is 0 Å². The standard InChI is InChI=1S/C27H46N8O5/c1-3-17(2)22(29)25(38)33-19(13-9-15-32-27(30)31)23(36)35-21(16-18-10-5-4-6-11-18)24(37)34-20(26(39)40)12-7-8-14-28/h4-6,10-11,17,19-22H,3,7-9,12-16,28-29H2,1-2H3,(H,33,38)(H,34,37)(H,35,36)(H,39,40)(H4,30,31,32). The van der Waals surface area contributed by atoms with Crippen LogP contribution in [0.3, 0.4) is 0 Å². The van der Waals surface area contributed by atoms with Crippen molar-refractivity contribution >= 4 is 29.7 Å². The molecule has 0 spiro atoms. The summed E-state index contributed by atoms with van der Waals surface area (Å²) in [7, 11) is 0. The number of aliphatic carboxylic acids is 1. The number of aliphatic imine (C=N–C) groups is 1. The quantitative estimate of drug-likeness (QED) is 0.0604. The van der Waals surface area contributed by atoms with E-state index in [1.807, 2.05) is 19.9 Å². The molecule has 1 aromatic carbocycles. The van der Waals surface area contributed by atoms with Crippen molar-refractivity contribution in [2.75, 3.05) is 13.1 Å². The summed E-state index contributed by atoms with van der Waals surface area (Å²) in [5.74, 6) is -3.15. The zero-order valence-electron chi connectivity index (χ0n) is 23.5. The van der Waals surface area contributed by atoms with Crippen molar-refractivity contribution in [1.29, 1.82) is 0 Å². The zero-order valence-corrected chi connectivity index (χ0v) is 23.5. The van der Waals surface area contributed by atoms with Gasteiger partial charge in [0.15, 0.2) is 5.96 Å². The highest BCUT2D eigenvalue weighted by Gasteiger charge is 2.31. The van der Waals surface area contributed by atoms with Crippen molar-refractivity contribution in [3.05, 3.63) is 35.9 Å². The highest BCUT2D eigenvalue weighted by Crippen LogP contribution is 2.10. The average Bonchev–Trinajstić information content (AvgIpc) is 2.92. The molecule has 0 aromatic heterocycles. The molecule has 0 heterocycles. The topological polar surface area (TPSA) is 241 Å². The van der Waals surface area contributed by atoms with E-state index in [4.69, 9.17) is 22.9 Å². The van der Waals surface area contributed by atoms with Gasteiger partial charge in [0.1, 0.15) is 18.1 Å². The maximum absolute atomic E-state index is 13.4. The van der Waals surface area contributed by atoms with Crippen LogP contribution in [-0.4, -0.2) is 72.0 Å². The summed E-state index contributed by atoms with van der Waals surface area (Å²) in [4.78, 5) is 55.2. The number of unbranched alkanes of at least 4 members (excludes halogenated alkanes) is 1.